The third-order valence-corrected chi connectivity index (χ3v) is 3.71. The van der Waals surface area contributed by atoms with Crippen molar-refractivity contribution in [2.75, 3.05) is 11.9 Å². The van der Waals surface area contributed by atoms with Crippen molar-refractivity contribution in [3.8, 4) is 0 Å². The number of hydrogen-bond donors (Lipinski definition) is 2. The number of fused-ring (bicyclic) bond motifs is 1. The fourth-order valence-electron chi connectivity index (χ4n) is 1.54. The average Bonchev–Trinajstić information content (AvgIpc) is 2.35. The standard InChI is InChI=1S/C11H13N3O3S/c1-2-7-12-11(15)10-13-8-5-3-4-6-9(8)18(16,17)14-10/h3-6H,2,7H2,1H3,(H,12,15)(H,13,14). The second-order valence-corrected chi connectivity index (χ2v) is 5.36. The summed E-state index contributed by atoms with van der Waals surface area (Å²) in [4.78, 5) is 11.8. The van der Waals surface area contributed by atoms with Crippen molar-refractivity contribution in [2.45, 2.75) is 18.2 Å². The van der Waals surface area contributed by atoms with E-state index in [1.54, 1.807) is 18.2 Å². The maximum Gasteiger partial charge on any atom is 0.287 e. The molecule has 6 nitrogen and oxygen atoms in total. The molecule has 1 aliphatic rings. The number of carbonyl (C=O) groups is 1. The summed E-state index contributed by atoms with van der Waals surface area (Å²) in [6.07, 6.45) is 0.766. The molecule has 1 amide bonds. The van der Waals surface area contributed by atoms with Crippen molar-refractivity contribution < 1.29 is 13.2 Å². The Balaban J connectivity index is 2.34. The zero-order valence-corrected chi connectivity index (χ0v) is 10.6. The molecule has 0 aromatic heterocycles. The van der Waals surface area contributed by atoms with Gasteiger partial charge in [-0.15, -0.1) is 4.40 Å². The minimum absolute atomic E-state index is 0.0806. The number of amides is 1. The molecule has 96 valence electrons. The van der Waals surface area contributed by atoms with Gasteiger partial charge in [-0.25, -0.2) is 0 Å². The molecule has 1 aliphatic heterocycles. The van der Waals surface area contributed by atoms with E-state index in [4.69, 9.17) is 0 Å². The van der Waals surface area contributed by atoms with Crippen LogP contribution in [0.25, 0.3) is 0 Å². The number of carbonyl (C=O) groups excluding carboxylic acids is 1. The molecular formula is C11H13N3O3S. The summed E-state index contributed by atoms with van der Waals surface area (Å²) in [5, 5.41) is 5.29. The number of amidine groups is 1. The van der Waals surface area contributed by atoms with E-state index in [1.807, 2.05) is 6.92 Å². The van der Waals surface area contributed by atoms with Crippen molar-refractivity contribution in [1.29, 1.82) is 0 Å². The van der Waals surface area contributed by atoms with Gasteiger partial charge in [-0.1, -0.05) is 19.1 Å². The van der Waals surface area contributed by atoms with E-state index in [1.165, 1.54) is 6.07 Å². The lowest BCUT2D eigenvalue weighted by Gasteiger charge is -2.17. The Morgan fingerprint density at radius 1 is 1.39 bits per heavy atom. The first-order chi connectivity index (χ1) is 8.54. The third-order valence-electron chi connectivity index (χ3n) is 2.38. The Morgan fingerprint density at radius 2 is 2.11 bits per heavy atom. The van der Waals surface area contributed by atoms with Gasteiger partial charge in [0.1, 0.15) is 4.90 Å². The lowest BCUT2D eigenvalue weighted by atomic mass is 10.3. The van der Waals surface area contributed by atoms with Gasteiger partial charge in [0, 0.05) is 6.54 Å². The predicted octanol–water partition coefficient (Wildman–Crippen LogP) is 0.725. The first kappa shape index (κ1) is 12.6. The fourth-order valence-corrected chi connectivity index (χ4v) is 2.65. The van der Waals surface area contributed by atoms with E-state index in [0.29, 0.717) is 12.2 Å². The van der Waals surface area contributed by atoms with Crippen LogP contribution in [0.1, 0.15) is 13.3 Å². The number of sulfonamides is 1. The largest absolute Gasteiger partial charge is 0.349 e. The van der Waals surface area contributed by atoms with Gasteiger partial charge < -0.3 is 10.6 Å². The number of hydrogen-bond acceptors (Lipinski definition) is 4. The average molecular weight is 267 g/mol. The van der Waals surface area contributed by atoms with E-state index in [0.717, 1.165) is 6.42 Å². The monoisotopic (exact) mass is 267 g/mol. The predicted molar refractivity (Wildman–Crippen MR) is 68.0 cm³/mol. The molecule has 0 saturated heterocycles. The lowest BCUT2D eigenvalue weighted by Crippen LogP contribution is -2.38. The van der Waals surface area contributed by atoms with Crippen LogP contribution in [0.3, 0.4) is 0 Å². The van der Waals surface area contributed by atoms with E-state index >= 15 is 0 Å². The summed E-state index contributed by atoms with van der Waals surface area (Å²) in [7, 11) is -3.80. The van der Waals surface area contributed by atoms with Crippen molar-refractivity contribution in [1.82, 2.24) is 5.32 Å². The Hall–Kier alpha value is -1.89. The van der Waals surface area contributed by atoms with Crippen molar-refractivity contribution in [3.05, 3.63) is 24.3 Å². The summed E-state index contributed by atoms with van der Waals surface area (Å²) in [6.45, 7) is 2.38. The van der Waals surface area contributed by atoms with Crippen LogP contribution in [0.15, 0.2) is 33.6 Å². The Morgan fingerprint density at radius 3 is 2.83 bits per heavy atom. The van der Waals surface area contributed by atoms with Crippen LogP contribution in [0.5, 0.6) is 0 Å². The number of nitrogens with zero attached hydrogens (tertiary/aromatic N) is 1. The highest BCUT2D eigenvalue weighted by Crippen LogP contribution is 2.26. The normalized spacial score (nSPS) is 16.2. The Labute approximate surface area is 105 Å². The molecule has 1 heterocycles. The molecule has 0 atom stereocenters. The molecule has 0 bridgehead atoms. The first-order valence-corrected chi connectivity index (χ1v) is 6.98. The molecule has 0 spiro atoms. The quantitative estimate of drug-likeness (QED) is 0.845. The molecule has 2 N–H and O–H groups in total. The van der Waals surface area contributed by atoms with Crippen LogP contribution in [-0.2, 0) is 14.8 Å². The molecule has 18 heavy (non-hydrogen) atoms. The third kappa shape index (κ3) is 2.35. The second kappa shape index (κ2) is 4.77. The molecule has 1 aromatic rings. The van der Waals surface area contributed by atoms with Crippen LogP contribution >= 0.6 is 0 Å². The number of nitrogens with one attached hydrogen (secondary N) is 2. The summed E-state index contributed by atoms with van der Waals surface area (Å²) in [5.41, 5.74) is 0.370. The van der Waals surface area contributed by atoms with Crippen LogP contribution in [-0.4, -0.2) is 26.7 Å². The minimum Gasteiger partial charge on any atom is -0.349 e. The Kier molecular flexibility index (Phi) is 3.33. The van der Waals surface area contributed by atoms with Crippen molar-refractivity contribution in [2.24, 2.45) is 4.40 Å². The minimum atomic E-state index is -3.80. The highest BCUT2D eigenvalue weighted by Gasteiger charge is 2.27. The van der Waals surface area contributed by atoms with Crippen LogP contribution < -0.4 is 10.6 Å². The van der Waals surface area contributed by atoms with Crippen LogP contribution in [0.4, 0.5) is 5.69 Å². The maximum atomic E-state index is 11.9. The molecule has 7 heteroatoms. The van der Waals surface area contributed by atoms with Gasteiger partial charge >= 0.3 is 0 Å². The molecular weight excluding hydrogens is 254 g/mol. The van der Waals surface area contributed by atoms with E-state index in [9.17, 15) is 13.2 Å². The van der Waals surface area contributed by atoms with Gasteiger partial charge in [-0.05, 0) is 18.6 Å². The summed E-state index contributed by atoms with van der Waals surface area (Å²) >= 11 is 0. The smallest absolute Gasteiger partial charge is 0.287 e. The second-order valence-electron chi connectivity index (χ2n) is 3.79. The lowest BCUT2D eigenvalue weighted by molar-refractivity contribution is -0.114. The van der Waals surface area contributed by atoms with E-state index in [2.05, 4.69) is 15.0 Å². The van der Waals surface area contributed by atoms with E-state index in [-0.39, 0.29) is 10.7 Å². The van der Waals surface area contributed by atoms with Gasteiger partial charge in [0.15, 0.2) is 0 Å². The van der Waals surface area contributed by atoms with Crippen molar-refractivity contribution >= 4 is 27.5 Å². The van der Waals surface area contributed by atoms with Gasteiger partial charge in [-0.3, -0.25) is 4.79 Å². The molecule has 0 aliphatic carbocycles. The highest BCUT2D eigenvalue weighted by atomic mass is 32.2. The number of para-hydroxylation sites is 1. The van der Waals surface area contributed by atoms with Gasteiger partial charge in [0.2, 0.25) is 5.84 Å². The van der Waals surface area contributed by atoms with Gasteiger partial charge in [-0.2, -0.15) is 8.42 Å². The van der Waals surface area contributed by atoms with Crippen LogP contribution in [0.2, 0.25) is 0 Å². The van der Waals surface area contributed by atoms with Gasteiger partial charge in [0.05, 0.1) is 5.69 Å². The van der Waals surface area contributed by atoms with Crippen molar-refractivity contribution in [3.63, 3.8) is 0 Å². The SMILES string of the molecule is CCCNC(=O)C1=NS(=O)(=O)c2ccccc2N1. The summed E-state index contributed by atoms with van der Waals surface area (Å²) in [5.74, 6) is -0.711. The number of rotatable bonds is 3. The Bertz CT molecular complexity index is 608. The molecule has 0 fully saturated rings. The molecule has 2 rings (SSSR count). The maximum absolute atomic E-state index is 11.9. The molecule has 1 aromatic carbocycles. The van der Waals surface area contributed by atoms with Crippen LogP contribution in [0, 0.1) is 0 Å². The fraction of sp³-hybridized carbons (Fsp3) is 0.273. The zero-order valence-electron chi connectivity index (χ0n) is 9.80. The van der Waals surface area contributed by atoms with E-state index < -0.39 is 15.9 Å². The highest BCUT2D eigenvalue weighted by molar-refractivity contribution is 7.90. The summed E-state index contributed by atoms with van der Waals surface area (Å²) in [6, 6.07) is 6.33. The van der Waals surface area contributed by atoms with Gasteiger partial charge in [0.25, 0.3) is 15.9 Å². The molecule has 0 radical (unpaired) electrons. The molecule has 0 saturated carbocycles. The first-order valence-electron chi connectivity index (χ1n) is 5.54. The molecule has 0 unspecified atom stereocenters. The number of benzene rings is 1. The zero-order chi connectivity index (χ0) is 13.2. The summed E-state index contributed by atoms with van der Waals surface area (Å²) < 4.78 is 27.2. The topological polar surface area (TPSA) is 87.6 Å². The number of anilines is 1.